The summed E-state index contributed by atoms with van der Waals surface area (Å²) in [5.41, 5.74) is 0. The minimum Gasteiger partial charge on any atom is 0 e. The van der Waals surface area contributed by atoms with Crippen LogP contribution in [0.3, 0.4) is 0 Å². The average Bonchev–Trinajstić information content (AvgIpc) is 0.918. The summed E-state index contributed by atoms with van der Waals surface area (Å²) in [5.74, 6) is 0. The van der Waals surface area contributed by atoms with Gasteiger partial charge in [-0.05, 0) is 0 Å². The van der Waals surface area contributed by atoms with Gasteiger partial charge in [0.1, 0.15) is 0 Å². The summed E-state index contributed by atoms with van der Waals surface area (Å²) in [5, 5.41) is 0. The third-order valence-corrected chi connectivity index (χ3v) is 0. The molecule has 0 aliphatic carbocycles. The smallest absolute Gasteiger partial charge is 0 e. The quantitative estimate of drug-likeness (QED) is 0.337. The van der Waals surface area contributed by atoms with E-state index >= 15 is 0 Å². The second-order valence-corrected chi connectivity index (χ2v) is 3.26. The van der Waals surface area contributed by atoms with Crippen LogP contribution in [0.25, 0.3) is 0 Å². The molecule has 0 heterocycles. The van der Waals surface area contributed by atoms with Gasteiger partial charge in [0.2, 0.25) is 0 Å². The Bertz CT molecular complexity index is 6.00. The zero-order chi connectivity index (χ0) is 2.71. The summed E-state index contributed by atoms with van der Waals surface area (Å²) in [6.07, 6.45) is 0. The molecular weight excluding hydrogens is 237 g/mol. The van der Waals surface area contributed by atoms with Crippen LogP contribution in [-0.4, -0.2) is 51.4 Å². The van der Waals surface area contributed by atoms with E-state index in [-0.39, 0.29) is 51.4 Å². The van der Waals surface area contributed by atoms with E-state index in [9.17, 15) is 0 Å². The van der Waals surface area contributed by atoms with Gasteiger partial charge in [0.05, 0.1) is 0 Å². The molecule has 23 valence electrons. The Balaban J connectivity index is 0. The van der Waals surface area contributed by atoms with Gasteiger partial charge in [0.15, 0.2) is 0 Å². The van der Waals surface area contributed by atoms with Gasteiger partial charge < -0.3 is 0 Å². The molecule has 0 aliphatic heterocycles. The molecule has 0 saturated heterocycles. The van der Waals surface area contributed by atoms with Crippen molar-refractivity contribution in [2.45, 2.75) is 0 Å². The second-order valence-electron chi connectivity index (χ2n) is 0.0540. The summed E-state index contributed by atoms with van der Waals surface area (Å²) in [6.45, 7) is 0. The van der Waals surface area contributed by atoms with Crippen LogP contribution in [0.15, 0.2) is 0 Å². The monoisotopic (exact) mass is 236 g/mol. The SMILES string of the molecule is Cl[I-]Cl.[K]. The van der Waals surface area contributed by atoms with Gasteiger partial charge in [-0.1, -0.05) is 0 Å². The maximum atomic E-state index is 4.87. The Hall–Kier alpha value is 2.95. The van der Waals surface area contributed by atoms with Crippen molar-refractivity contribution in [2.24, 2.45) is 0 Å². The van der Waals surface area contributed by atoms with Crippen molar-refractivity contribution in [3.05, 3.63) is 0 Å². The molecule has 4 heteroatoms. The van der Waals surface area contributed by atoms with Crippen LogP contribution in [0.5, 0.6) is 0 Å². The Morgan fingerprint density at radius 2 is 1.25 bits per heavy atom. The summed E-state index contributed by atoms with van der Waals surface area (Å²) in [4.78, 5) is 0. The van der Waals surface area contributed by atoms with Gasteiger partial charge in [0.25, 0.3) is 0 Å². The molecule has 0 rings (SSSR count). The molecule has 0 unspecified atom stereocenters. The fraction of sp³-hybridized carbons (Fsp3) is 0. The molecule has 1 radical (unpaired) electrons. The Kier molecular flexibility index (Phi) is 23.4. The van der Waals surface area contributed by atoms with Crippen molar-refractivity contribution in [1.29, 1.82) is 0 Å². The number of rotatable bonds is 0. The maximum absolute atomic E-state index is 4.87. The van der Waals surface area contributed by atoms with E-state index in [1.165, 1.54) is 0 Å². The summed E-state index contributed by atoms with van der Waals surface area (Å²) < 4.78 is 0. The third kappa shape index (κ3) is 8.87. The molecule has 0 aromatic heterocycles. The largest absolute Gasteiger partial charge is 0 e. The molecule has 0 saturated carbocycles. The van der Waals surface area contributed by atoms with Gasteiger partial charge in [0, 0.05) is 51.4 Å². The van der Waals surface area contributed by atoms with Crippen LogP contribution in [-0.2, 0) is 0 Å². The molecule has 0 aromatic carbocycles. The molecule has 0 nitrogen and oxygen atoms in total. The van der Waals surface area contributed by atoms with Crippen LogP contribution in [0, 0.1) is 0 Å². The Labute approximate surface area is 85.7 Å². The summed E-state index contributed by atoms with van der Waals surface area (Å²) in [7, 11) is 9.75. The molecule has 0 bridgehead atoms. The minimum absolute atomic E-state index is 0. The van der Waals surface area contributed by atoms with Gasteiger partial charge in [-0.2, -0.15) is 0 Å². The van der Waals surface area contributed by atoms with Crippen LogP contribution in [0.1, 0.15) is 0 Å². The van der Waals surface area contributed by atoms with Crippen molar-refractivity contribution in [3.63, 3.8) is 0 Å². The van der Waals surface area contributed by atoms with Gasteiger partial charge in [-0.15, -0.1) is 0 Å². The predicted molar refractivity (Wildman–Crippen MR) is 17.5 cm³/mol. The van der Waals surface area contributed by atoms with E-state index < -0.39 is 18.9 Å². The van der Waals surface area contributed by atoms with Gasteiger partial charge in [-0.25, -0.2) is 0 Å². The summed E-state index contributed by atoms with van der Waals surface area (Å²) in [6, 6.07) is 0. The first-order valence-corrected chi connectivity index (χ1v) is 5.75. The van der Waals surface area contributed by atoms with E-state index in [0.29, 0.717) is 0 Å². The number of hydrogen-bond acceptors (Lipinski definition) is 0. The molecule has 0 atom stereocenters. The zero-order valence-electron chi connectivity index (χ0n) is 2.13. The van der Waals surface area contributed by atoms with Crippen LogP contribution >= 0.6 is 17.8 Å². The van der Waals surface area contributed by atoms with E-state index in [1.54, 1.807) is 0 Å². The minimum atomic E-state index is -0.466. The zero-order valence-corrected chi connectivity index (χ0v) is 8.93. The van der Waals surface area contributed by atoms with Crippen molar-refractivity contribution >= 4 is 69.2 Å². The Morgan fingerprint density at radius 3 is 1.25 bits per heavy atom. The van der Waals surface area contributed by atoms with Crippen LogP contribution < -0.4 is 18.9 Å². The van der Waals surface area contributed by atoms with E-state index in [4.69, 9.17) is 17.8 Å². The van der Waals surface area contributed by atoms with Crippen molar-refractivity contribution < 1.29 is 18.9 Å². The van der Waals surface area contributed by atoms with Gasteiger partial charge >= 0.3 is 36.8 Å². The van der Waals surface area contributed by atoms with Crippen molar-refractivity contribution in [1.82, 2.24) is 0 Å². The first kappa shape index (κ1) is 10.0. The molecule has 0 aromatic rings. The molecule has 0 fully saturated rings. The second kappa shape index (κ2) is 9.34. The predicted octanol–water partition coefficient (Wildman–Crippen LogP) is -2.00. The maximum Gasteiger partial charge on any atom is 0 e. The molecule has 0 N–H and O–H groups in total. The number of hydrogen-bond donors (Lipinski definition) is 0. The standard InChI is InChI=1S/Cl2I.K/c1-3-2;/q-1;. The molecule has 0 amide bonds. The fourth-order valence-corrected chi connectivity index (χ4v) is 0. The fourth-order valence-electron chi connectivity index (χ4n) is 0. The first-order chi connectivity index (χ1) is 1.41. The Morgan fingerprint density at radius 1 is 1.25 bits per heavy atom. The van der Waals surface area contributed by atoms with Crippen LogP contribution in [0.2, 0.25) is 0 Å². The number of halogens is 3. The molecule has 4 heavy (non-hydrogen) atoms. The van der Waals surface area contributed by atoms with Crippen molar-refractivity contribution in [2.75, 3.05) is 0 Å². The third-order valence-electron chi connectivity index (χ3n) is 0. The topological polar surface area (TPSA) is 0 Å². The van der Waals surface area contributed by atoms with Crippen molar-refractivity contribution in [3.8, 4) is 0 Å². The van der Waals surface area contributed by atoms with E-state index in [2.05, 4.69) is 0 Å². The first-order valence-electron chi connectivity index (χ1n) is 0.286. The van der Waals surface area contributed by atoms with Gasteiger partial charge in [-0.3, -0.25) is 0 Å². The molecular formula is Cl2IK-. The normalized spacial score (nSPS) is 5.50. The molecule has 0 aliphatic rings. The summed E-state index contributed by atoms with van der Waals surface area (Å²) >= 11 is -0.466. The van der Waals surface area contributed by atoms with E-state index in [1.807, 2.05) is 0 Å². The van der Waals surface area contributed by atoms with Crippen LogP contribution in [0.4, 0.5) is 0 Å². The average molecular weight is 237 g/mol. The van der Waals surface area contributed by atoms with E-state index in [0.717, 1.165) is 0 Å². The molecule has 0 spiro atoms.